The van der Waals surface area contributed by atoms with Crippen molar-refractivity contribution in [3.8, 4) is 5.75 Å². The van der Waals surface area contributed by atoms with Gasteiger partial charge in [0.05, 0.1) is 12.7 Å². The topological polar surface area (TPSA) is 29.5 Å². The number of ether oxygens (including phenoxy) is 1. The molecule has 1 fully saturated rings. The van der Waals surface area contributed by atoms with Crippen molar-refractivity contribution in [3.05, 3.63) is 29.8 Å². The Morgan fingerprint density at radius 3 is 2.79 bits per heavy atom. The Bertz CT molecular complexity index is 402. The zero-order valence-corrected chi connectivity index (χ0v) is 12.2. The van der Waals surface area contributed by atoms with Crippen molar-refractivity contribution in [3.63, 3.8) is 0 Å². The predicted molar refractivity (Wildman–Crippen MR) is 78.4 cm³/mol. The Labute approximate surface area is 116 Å². The maximum Gasteiger partial charge on any atom is 0.124 e. The van der Waals surface area contributed by atoms with E-state index in [9.17, 15) is 5.11 Å². The number of rotatable bonds is 4. The first kappa shape index (κ1) is 14.4. The zero-order valence-electron chi connectivity index (χ0n) is 12.2. The normalized spacial score (nSPS) is 27.8. The lowest BCUT2D eigenvalue weighted by Gasteiger charge is -2.29. The molecule has 1 aliphatic rings. The largest absolute Gasteiger partial charge is 0.496 e. The summed E-state index contributed by atoms with van der Waals surface area (Å²) in [6.45, 7) is 2.25. The molecule has 1 N–H and O–H groups in total. The summed E-state index contributed by atoms with van der Waals surface area (Å²) >= 11 is 0. The first-order valence-electron chi connectivity index (χ1n) is 7.55. The Morgan fingerprint density at radius 1 is 1.26 bits per heavy atom. The molecule has 0 amide bonds. The lowest BCUT2D eigenvalue weighted by atomic mass is 9.85. The number of hydrogen-bond acceptors (Lipinski definition) is 2. The van der Waals surface area contributed by atoms with Gasteiger partial charge in [0, 0.05) is 5.56 Å². The van der Waals surface area contributed by atoms with Gasteiger partial charge >= 0.3 is 0 Å². The molecule has 2 unspecified atom stereocenters. The molecule has 2 nitrogen and oxygen atoms in total. The smallest absolute Gasteiger partial charge is 0.124 e. The number of para-hydroxylation sites is 1. The van der Waals surface area contributed by atoms with Gasteiger partial charge in [-0.25, -0.2) is 0 Å². The number of hydrogen-bond donors (Lipinski definition) is 1. The highest BCUT2D eigenvalue weighted by Crippen LogP contribution is 2.42. The van der Waals surface area contributed by atoms with Crippen LogP contribution in [0, 0.1) is 5.92 Å². The third kappa shape index (κ3) is 3.30. The summed E-state index contributed by atoms with van der Waals surface area (Å²) in [5.41, 5.74) is 0.268. The quantitative estimate of drug-likeness (QED) is 0.821. The minimum absolute atomic E-state index is 0.699. The zero-order chi connectivity index (χ0) is 13.7. The molecule has 0 bridgehead atoms. The molecule has 0 saturated heterocycles. The van der Waals surface area contributed by atoms with E-state index in [0.717, 1.165) is 42.9 Å². The van der Waals surface area contributed by atoms with E-state index in [2.05, 4.69) is 6.92 Å². The molecule has 0 spiro atoms. The van der Waals surface area contributed by atoms with E-state index in [-0.39, 0.29) is 0 Å². The minimum Gasteiger partial charge on any atom is -0.496 e. The van der Waals surface area contributed by atoms with Crippen LogP contribution in [-0.4, -0.2) is 12.2 Å². The number of methoxy groups -OCH3 is 1. The third-order valence-corrected chi connectivity index (χ3v) is 4.47. The van der Waals surface area contributed by atoms with Gasteiger partial charge in [0.15, 0.2) is 0 Å². The van der Waals surface area contributed by atoms with Crippen LogP contribution < -0.4 is 4.74 Å². The van der Waals surface area contributed by atoms with Crippen molar-refractivity contribution in [1.82, 2.24) is 0 Å². The average molecular weight is 262 g/mol. The molecule has 2 rings (SSSR count). The summed E-state index contributed by atoms with van der Waals surface area (Å²) in [7, 11) is 1.68. The van der Waals surface area contributed by atoms with Gasteiger partial charge in [-0.1, -0.05) is 44.4 Å². The van der Waals surface area contributed by atoms with Gasteiger partial charge < -0.3 is 9.84 Å². The third-order valence-electron chi connectivity index (χ3n) is 4.47. The van der Waals surface area contributed by atoms with Crippen molar-refractivity contribution in [2.24, 2.45) is 5.92 Å². The van der Waals surface area contributed by atoms with E-state index in [0.29, 0.717) is 0 Å². The highest BCUT2D eigenvalue weighted by Gasteiger charge is 2.34. The second-order valence-corrected chi connectivity index (χ2v) is 5.82. The summed E-state index contributed by atoms with van der Waals surface area (Å²) < 4.78 is 5.42. The van der Waals surface area contributed by atoms with E-state index in [1.807, 2.05) is 24.3 Å². The molecular weight excluding hydrogens is 236 g/mol. The monoisotopic (exact) mass is 262 g/mol. The summed E-state index contributed by atoms with van der Waals surface area (Å²) in [4.78, 5) is 0. The van der Waals surface area contributed by atoms with Gasteiger partial charge in [0.1, 0.15) is 5.75 Å². The van der Waals surface area contributed by atoms with Crippen molar-refractivity contribution in [1.29, 1.82) is 0 Å². The van der Waals surface area contributed by atoms with Gasteiger partial charge in [-0.15, -0.1) is 0 Å². The van der Waals surface area contributed by atoms with Gasteiger partial charge in [-0.2, -0.15) is 0 Å². The summed E-state index contributed by atoms with van der Waals surface area (Å²) in [6.07, 6.45) is 7.75. The molecule has 0 radical (unpaired) electrons. The van der Waals surface area contributed by atoms with Crippen LogP contribution in [0.3, 0.4) is 0 Å². The first-order valence-corrected chi connectivity index (χ1v) is 7.55. The highest BCUT2D eigenvalue weighted by atomic mass is 16.5. The van der Waals surface area contributed by atoms with Crippen LogP contribution in [-0.2, 0) is 5.60 Å². The van der Waals surface area contributed by atoms with Crippen LogP contribution in [0.25, 0.3) is 0 Å². The molecule has 19 heavy (non-hydrogen) atoms. The molecule has 0 aromatic heterocycles. The first-order chi connectivity index (χ1) is 9.19. The second kappa shape index (κ2) is 6.42. The van der Waals surface area contributed by atoms with E-state index in [1.165, 1.54) is 19.3 Å². The summed E-state index contributed by atoms with van der Waals surface area (Å²) in [5, 5.41) is 11.0. The molecule has 1 saturated carbocycles. The molecule has 2 heteroatoms. The van der Waals surface area contributed by atoms with Crippen LogP contribution in [0.2, 0.25) is 0 Å². The van der Waals surface area contributed by atoms with E-state index in [4.69, 9.17) is 4.74 Å². The molecule has 106 valence electrons. The second-order valence-electron chi connectivity index (χ2n) is 5.82. The fourth-order valence-electron chi connectivity index (χ4n) is 3.39. The number of aliphatic hydroxyl groups is 1. The Balaban J connectivity index is 2.18. The van der Waals surface area contributed by atoms with Gasteiger partial charge in [-0.3, -0.25) is 0 Å². The van der Waals surface area contributed by atoms with Crippen LogP contribution in [0.15, 0.2) is 24.3 Å². The molecule has 1 aromatic carbocycles. The fourth-order valence-corrected chi connectivity index (χ4v) is 3.39. The van der Waals surface area contributed by atoms with Crippen LogP contribution in [0.4, 0.5) is 0 Å². The van der Waals surface area contributed by atoms with Crippen LogP contribution in [0.5, 0.6) is 5.75 Å². The maximum absolute atomic E-state index is 11.0. The number of benzene rings is 1. The molecule has 0 aliphatic heterocycles. The summed E-state index contributed by atoms with van der Waals surface area (Å²) in [6, 6.07) is 7.91. The molecule has 0 heterocycles. The van der Waals surface area contributed by atoms with Gasteiger partial charge in [0.2, 0.25) is 0 Å². The molecule has 1 aliphatic carbocycles. The van der Waals surface area contributed by atoms with Crippen molar-refractivity contribution in [2.75, 3.05) is 7.11 Å². The van der Waals surface area contributed by atoms with Crippen molar-refractivity contribution >= 4 is 0 Å². The van der Waals surface area contributed by atoms with E-state index < -0.39 is 5.60 Å². The molecular formula is C17H26O2. The molecule has 2 atom stereocenters. The lowest BCUT2D eigenvalue weighted by molar-refractivity contribution is 0.0173. The SMILES string of the molecule is CCCC1CCCC(O)(c2ccccc2OC)CC1. The Morgan fingerprint density at radius 2 is 2.05 bits per heavy atom. The standard InChI is InChI=1S/C17H26O2/c1-3-7-14-8-6-12-17(18,13-11-14)15-9-4-5-10-16(15)19-2/h4-5,9-10,14,18H,3,6-8,11-13H2,1-2H3. The highest BCUT2D eigenvalue weighted by molar-refractivity contribution is 5.38. The lowest BCUT2D eigenvalue weighted by Crippen LogP contribution is -2.25. The van der Waals surface area contributed by atoms with Crippen LogP contribution >= 0.6 is 0 Å². The van der Waals surface area contributed by atoms with E-state index >= 15 is 0 Å². The fraction of sp³-hybridized carbons (Fsp3) is 0.647. The average Bonchev–Trinajstić information content (AvgIpc) is 2.63. The Hall–Kier alpha value is -1.02. The van der Waals surface area contributed by atoms with Crippen molar-refractivity contribution < 1.29 is 9.84 Å². The van der Waals surface area contributed by atoms with Crippen molar-refractivity contribution in [2.45, 2.75) is 57.5 Å². The van der Waals surface area contributed by atoms with E-state index in [1.54, 1.807) is 7.11 Å². The van der Waals surface area contributed by atoms with Gasteiger partial charge in [-0.05, 0) is 37.7 Å². The Kier molecular flexibility index (Phi) is 4.87. The maximum atomic E-state index is 11.0. The van der Waals surface area contributed by atoms with Crippen LogP contribution in [0.1, 0.15) is 57.4 Å². The van der Waals surface area contributed by atoms with Gasteiger partial charge in [0.25, 0.3) is 0 Å². The minimum atomic E-state index is -0.699. The summed E-state index contributed by atoms with van der Waals surface area (Å²) in [5.74, 6) is 1.60. The molecule has 1 aromatic rings. The predicted octanol–water partition coefficient (Wildman–Crippen LogP) is 4.26.